The average molecular weight is 369 g/mol. The highest BCUT2D eigenvalue weighted by Gasteiger charge is 2.09. The number of halogens is 3. The molecule has 124 valence electrons. The first-order valence-electron chi connectivity index (χ1n) is 6.81. The van der Waals surface area contributed by atoms with Crippen LogP contribution in [0.25, 0.3) is 0 Å². The van der Waals surface area contributed by atoms with Gasteiger partial charge in [-0.15, -0.1) is 5.10 Å². The fraction of sp³-hybridized carbons (Fsp3) is 0.143. The third-order valence-electron chi connectivity index (χ3n) is 3.04. The Hall–Kier alpha value is -2.45. The normalized spacial score (nSPS) is 10.8. The van der Waals surface area contributed by atoms with Crippen molar-refractivity contribution in [2.24, 2.45) is 0 Å². The minimum Gasteiger partial charge on any atom is -0.292 e. The molecule has 0 aliphatic rings. The third kappa shape index (κ3) is 4.09. The number of carbonyl (C=O) groups excluding carboxylic acids is 1. The van der Waals surface area contributed by atoms with E-state index in [0.717, 1.165) is 0 Å². The van der Waals surface area contributed by atoms with Gasteiger partial charge in [-0.05, 0) is 17.7 Å². The van der Waals surface area contributed by atoms with Crippen molar-refractivity contribution in [3.63, 3.8) is 0 Å². The van der Waals surface area contributed by atoms with Gasteiger partial charge in [0.25, 0.3) is 0 Å². The highest BCUT2D eigenvalue weighted by atomic mass is 35.5. The van der Waals surface area contributed by atoms with Gasteiger partial charge in [0, 0.05) is 11.2 Å². The van der Waals surface area contributed by atoms with E-state index in [1.807, 2.05) is 0 Å². The Kier molecular flexibility index (Phi) is 4.77. The molecule has 1 N–H and O–H groups in total. The van der Waals surface area contributed by atoms with Gasteiger partial charge in [-0.2, -0.15) is 5.10 Å². The zero-order valence-corrected chi connectivity index (χ0v) is 13.7. The summed E-state index contributed by atoms with van der Waals surface area (Å²) in [7, 11) is 0. The number of carbonyl (C=O) groups is 1. The number of rotatable bonds is 5. The van der Waals surface area contributed by atoms with Crippen LogP contribution >= 0.6 is 23.2 Å². The molecule has 0 bridgehead atoms. The van der Waals surface area contributed by atoms with E-state index in [1.165, 1.54) is 40.2 Å². The molecule has 7 nitrogen and oxygen atoms in total. The van der Waals surface area contributed by atoms with Crippen molar-refractivity contribution in [2.45, 2.75) is 13.1 Å². The molecule has 24 heavy (non-hydrogen) atoms. The van der Waals surface area contributed by atoms with Gasteiger partial charge in [-0.3, -0.25) is 14.8 Å². The zero-order chi connectivity index (χ0) is 17.1. The van der Waals surface area contributed by atoms with E-state index >= 15 is 0 Å². The Morgan fingerprint density at radius 2 is 2.12 bits per heavy atom. The lowest BCUT2D eigenvalue weighted by molar-refractivity contribution is -0.116. The molecule has 2 heterocycles. The summed E-state index contributed by atoms with van der Waals surface area (Å²) in [6.45, 7) is 0.293. The molecule has 0 saturated heterocycles. The highest BCUT2D eigenvalue weighted by molar-refractivity contribution is 6.31. The van der Waals surface area contributed by atoms with Crippen LogP contribution in [-0.2, 0) is 17.9 Å². The molecule has 1 aromatic carbocycles. The molecule has 0 aliphatic carbocycles. The number of anilines is 1. The van der Waals surface area contributed by atoms with E-state index < -0.39 is 5.82 Å². The largest absolute Gasteiger partial charge is 0.292 e. The van der Waals surface area contributed by atoms with E-state index in [1.54, 1.807) is 6.07 Å². The summed E-state index contributed by atoms with van der Waals surface area (Å²) in [5.74, 6) is -0.599. The lowest BCUT2D eigenvalue weighted by Crippen LogP contribution is -2.19. The fourth-order valence-electron chi connectivity index (χ4n) is 1.99. The highest BCUT2D eigenvalue weighted by Crippen LogP contribution is 2.18. The number of benzene rings is 1. The summed E-state index contributed by atoms with van der Waals surface area (Å²) >= 11 is 11.7. The van der Waals surface area contributed by atoms with Crippen LogP contribution in [-0.4, -0.2) is 30.5 Å². The van der Waals surface area contributed by atoms with Crippen molar-refractivity contribution < 1.29 is 9.18 Å². The van der Waals surface area contributed by atoms with Gasteiger partial charge < -0.3 is 0 Å². The fourth-order valence-corrected chi connectivity index (χ4v) is 2.37. The Morgan fingerprint density at radius 3 is 2.83 bits per heavy atom. The van der Waals surface area contributed by atoms with Crippen LogP contribution in [0, 0.1) is 5.82 Å². The topological polar surface area (TPSA) is 77.6 Å². The summed E-state index contributed by atoms with van der Waals surface area (Å²) in [4.78, 5) is 15.9. The Morgan fingerprint density at radius 1 is 1.29 bits per heavy atom. The second-order valence-corrected chi connectivity index (χ2v) is 5.75. The first-order chi connectivity index (χ1) is 11.5. The van der Waals surface area contributed by atoms with Gasteiger partial charge >= 0.3 is 0 Å². The van der Waals surface area contributed by atoms with Crippen LogP contribution in [0.5, 0.6) is 0 Å². The van der Waals surface area contributed by atoms with Crippen LogP contribution in [0.15, 0.2) is 36.9 Å². The molecular formula is C14H11Cl2FN6O. The molecule has 10 heteroatoms. The zero-order valence-electron chi connectivity index (χ0n) is 12.2. The average Bonchev–Trinajstić information content (AvgIpc) is 3.11. The SMILES string of the molecule is O=C(Cn1cc(Cl)cn1)Nc1ncn(Cc2ccc(F)cc2Cl)n1. The van der Waals surface area contributed by atoms with E-state index in [0.29, 0.717) is 22.2 Å². The standard InChI is InChI=1S/C14H11Cl2FN6O/c15-10-4-19-22(6-10)7-13(24)20-14-18-8-23(21-14)5-9-1-2-11(17)3-12(9)16/h1-4,6,8H,5,7H2,(H,20,21,24). The maximum atomic E-state index is 13.0. The Balaban J connectivity index is 1.61. The summed E-state index contributed by atoms with van der Waals surface area (Å²) in [6.07, 6.45) is 4.41. The molecule has 0 saturated carbocycles. The first-order valence-corrected chi connectivity index (χ1v) is 7.56. The van der Waals surface area contributed by atoms with Crippen molar-refractivity contribution in [2.75, 3.05) is 5.32 Å². The molecule has 1 amide bonds. The number of nitrogens with one attached hydrogen (secondary N) is 1. The number of nitrogens with zero attached hydrogens (tertiary/aromatic N) is 5. The maximum absolute atomic E-state index is 13.0. The lowest BCUT2D eigenvalue weighted by Gasteiger charge is -2.04. The maximum Gasteiger partial charge on any atom is 0.248 e. The minimum atomic E-state index is -0.408. The minimum absolute atomic E-state index is 0.00888. The van der Waals surface area contributed by atoms with Crippen LogP contribution in [0.1, 0.15) is 5.56 Å². The second-order valence-electron chi connectivity index (χ2n) is 4.91. The predicted octanol–water partition coefficient (Wildman–Crippen LogP) is 2.61. The Bertz CT molecular complexity index is 878. The van der Waals surface area contributed by atoms with Gasteiger partial charge in [0.15, 0.2) is 0 Å². The van der Waals surface area contributed by atoms with E-state index in [-0.39, 0.29) is 18.4 Å². The number of hydrogen-bond acceptors (Lipinski definition) is 4. The van der Waals surface area contributed by atoms with Crippen LogP contribution in [0.3, 0.4) is 0 Å². The smallest absolute Gasteiger partial charge is 0.248 e. The van der Waals surface area contributed by atoms with Gasteiger partial charge in [0.1, 0.15) is 18.7 Å². The molecule has 0 radical (unpaired) electrons. The number of aromatic nitrogens is 5. The first kappa shape index (κ1) is 16.4. The van der Waals surface area contributed by atoms with E-state index in [9.17, 15) is 9.18 Å². The van der Waals surface area contributed by atoms with Gasteiger partial charge in [0.05, 0.1) is 17.8 Å². The summed E-state index contributed by atoms with van der Waals surface area (Å²) < 4.78 is 15.9. The van der Waals surface area contributed by atoms with Crippen LogP contribution in [0.2, 0.25) is 10.0 Å². The molecule has 0 unspecified atom stereocenters. The van der Waals surface area contributed by atoms with Crippen molar-refractivity contribution >= 4 is 35.1 Å². The Labute approximate surface area is 146 Å². The quantitative estimate of drug-likeness (QED) is 0.750. The summed E-state index contributed by atoms with van der Waals surface area (Å²) in [5.41, 5.74) is 0.687. The number of amides is 1. The second kappa shape index (κ2) is 6.98. The van der Waals surface area contributed by atoms with Crippen LogP contribution < -0.4 is 5.32 Å². The summed E-state index contributed by atoms with van der Waals surface area (Å²) in [6, 6.07) is 4.11. The van der Waals surface area contributed by atoms with E-state index in [2.05, 4.69) is 20.5 Å². The monoisotopic (exact) mass is 368 g/mol. The lowest BCUT2D eigenvalue weighted by atomic mass is 10.2. The molecule has 0 aliphatic heterocycles. The van der Waals surface area contributed by atoms with Gasteiger partial charge in [-0.1, -0.05) is 29.3 Å². The van der Waals surface area contributed by atoms with Crippen molar-refractivity contribution in [1.82, 2.24) is 24.5 Å². The number of hydrogen-bond donors (Lipinski definition) is 1. The van der Waals surface area contributed by atoms with Gasteiger partial charge in [0.2, 0.25) is 11.9 Å². The summed E-state index contributed by atoms with van der Waals surface area (Å²) in [5, 5.41) is 11.3. The molecular weight excluding hydrogens is 358 g/mol. The molecule has 0 atom stereocenters. The molecule has 0 spiro atoms. The van der Waals surface area contributed by atoms with Crippen molar-refractivity contribution in [1.29, 1.82) is 0 Å². The molecule has 3 rings (SSSR count). The van der Waals surface area contributed by atoms with Crippen molar-refractivity contribution in [3.05, 3.63) is 58.3 Å². The van der Waals surface area contributed by atoms with Crippen molar-refractivity contribution in [3.8, 4) is 0 Å². The molecule has 0 fully saturated rings. The third-order valence-corrected chi connectivity index (χ3v) is 3.59. The molecule has 3 aromatic rings. The predicted molar refractivity (Wildman–Crippen MR) is 86.4 cm³/mol. The van der Waals surface area contributed by atoms with Gasteiger partial charge in [-0.25, -0.2) is 14.1 Å². The van der Waals surface area contributed by atoms with E-state index in [4.69, 9.17) is 23.2 Å². The molecule has 2 aromatic heterocycles. The van der Waals surface area contributed by atoms with Crippen LogP contribution in [0.4, 0.5) is 10.3 Å².